The Bertz CT molecular complexity index is 685. The molecule has 1 N–H and O–H groups in total. The van der Waals surface area contributed by atoms with Crippen molar-refractivity contribution in [2.45, 2.75) is 19.8 Å². The van der Waals surface area contributed by atoms with E-state index in [1.54, 1.807) is 7.11 Å². The molecule has 26 heavy (non-hydrogen) atoms. The fourth-order valence-electron chi connectivity index (χ4n) is 2.94. The van der Waals surface area contributed by atoms with E-state index in [-0.39, 0.29) is 24.6 Å². The van der Waals surface area contributed by atoms with Gasteiger partial charge < -0.3 is 14.5 Å². The number of hydrogen-bond acceptors (Lipinski definition) is 5. The lowest BCUT2D eigenvalue weighted by atomic mass is 10.2. The normalized spacial score (nSPS) is 15.8. The largest absolute Gasteiger partial charge is 0.497 e. The third-order valence-corrected chi connectivity index (χ3v) is 6.01. The van der Waals surface area contributed by atoms with Gasteiger partial charge in [0.1, 0.15) is 5.75 Å². The minimum Gasteiger partial charge on any atom is -0.497 e. The van der Waals surface area contributed by atoms with Gasteiger partial charge in [0.2, 0.25) is 15.9 Å². The monoisotopic (exact) mass is 383 g/mol. The van der Waals surface area contributed by atoms with Crippen LogP contribution in [0.15, 0.2) is 24.3 Å². The molecule has 1 aliphatic rings. The summed E-state index contributed by atoms with van der Waals surface area (Å²) in [5.74, 6) is 0.710. The van der Waals surface area contributed by atoms with Crippen molar-refractivity contribution in [3.63, 3.8) is 0 Å². The molecule has 1 heterocycles. The minimum atomic E-state index is -3.41. The lowest BCUT2D eigenvalue weighted by molar-refractivity contribution is -0.132. The average molecular weight is 384 g/mol. The first-order valence-corrected chi connectivity index (χ1v) is 10.7. The van der Waals surface area contributed by atoms with Crippen molar-refractivity contribution in [1.29, 1.82) is 0 Å². The molecule has 8 heteroatoms. The van der Waals surface area contributed by atoms with Gasteiger partial charge in [-0.3, -0.25) is 4.79 Å². The lowest BCUT2D eigenvalue weighted by Crippen LogP contribution is -2.49. The molecule has 146 valence electrons. The van der Waals surface area contributed by atoms with Crippen LogP contribution in [0, 0.1) is 0 Å². The fraction of sp³-hybridized carbons (Fsp3) is 0.611. The highest BCUT2D eigenvalue weighted by atomic mass is 32.2. The van der Waals surface area contributed by atoms with E-state index >= 15 is 0 Å². The minimum absolute atomic E-state index is 0.0104. The summed E-state index contributed by atoms with van der Waals surface area (Å²) < 4.78 is 31.9. The Morgan fingerprint density at radius 2 is 1.96 bits per heavy atom. The first-order valence-electron chi connectivity index (χ1n) is 9.04. The molecule has 0 radical (unpaired) electrons. The number of likely N-dealkylation sites (N-methyl/N-ethyl adjacent to an activating group) is 1. The van der Waals surface area contributed by atoms with Crippen molar-refractivity contribution < 1.29 is 17.9 Å². The van der Waals surface area contributed by atoms with E-state index in [4.69, 9.17) is 4.74 Å². The quantitative estimate of drug-likeness (QED) is 0.680. The Kier molecular flexibility index (Phi) is 7.86. The molecule has 0 aromatic heterocycles. The Morgan fingerprint density at radius 1 is 1.23 bits per heavy atom. The third-order valence-electron chi connectivity index (χ3n) is 4.63. The number of nitrogens with zero attached hydrogens (tertiary/aromatic N) is 2. The molecular weight excluding hydrogens is 354 g/mol. The van der Waals surface area contributed by atoms with Crippen LogP contribution in [-0.4, -0.2) is 76.3 Å². The van der Waals surface area contributed by atoms with Gasteiger partial charge >= 0.3 is 0 Å². The zero-order valence-corrected chi connectivity index (χ0v) is 16.4. The van der Waals surface area contributed by atoms with E-state index in [9.17, 15) is 13.2 Å². The summed E-state index contributed by atoms with van der Waals surface area (Å²) in [4.78, 5) is 16.3. The number of methoxy groups -OCH3 is 1. The van der Waals surface area contributed by atoms with Crippen LogP contribution >= 0.6 is 0 Å². The smallest absolute Gasteiger partial charge is 0.223 e. The Hall–Kier alpha value is -1.64. The predicted octanol–water partition coefficient (Wildman–Crippen LogP) is 0.711. The number of sulfonamides is 1. The summed E-state index contributed by atoms with van der Waals surface area (Å²) in [6.07, 6.45) is 0.601. The zero-order valence-electron chi connectivity index (χ0n) is 15.6. The number of rotatable bonds is 9. The highest BCUT2D eigenvalue weighted by molar-refractivity contribution is 7.89. The molecule has 1 amide bonds. The number of nitrogens with one attached hydrogen (secondary N) is 1. The second kappa shape index (κ2) is 9.89. The van der Waals surface area contributed by atoms with Crippen molar-refractivity contribution in [3.8, 4) is 5.75 Å². The van der Waals surface area contributed by atoms with Crippen LogP contribution in [0.25, 0.3) is 0 Å². The van der Waals surface area contributed by atoms with Gasteiger partial charge in [-0.25, -0.2) is 13.1 Å². The van der Waals surface area contributed by atoms with Gasteiger partial charge in [0, 0.05) is 39.1 Å². The van der Waals surface area contributed by atoms with Crippen molar-refractivity contribution in [1.82, 2.24) is 14.5 Å². The van der Waals surface area contributed by atoms with Crippen LogP contribution < -0.4 is 9.46 Å². The van der Waals surface area contributed by atoms with E-state index in [0.29, 0.717) is 12.2 Å². The first-order chi connectivity index (χ1) is 12.4. The number of carbonyl (C=O) groups excluding carboxylic acids is 1. The van der Waals surface area contributed by atoms with E-state index in [2.05, 4.69) is 16.5 Å². The van der Waals surface area contributed by atoms with Gasteiger partial charge in [0.15, 0.2) is 0 Å². The molecule has 0 bridgehead atoms. The average Bonchev–Trinajstić information content (AvgIpc) is 2.66. The number of amides is 1. The Labute approximate surface area is 156 Å². The fourth-order valence-corrected chi connectivity index (χ4v) is 4.00. The predicted molar refractivity (Wildman–Crippen MR) is 102 cm³/mol. The maximum absolute atomic E-state index is 12.2. The van der Waals surface area contributed by atoms with E-state index in [1.807, 2.05) is 29.2 Å². The van der Waals surface area contributed by atoms with Crippen LogP contribution in [0.3, 0.4) is 0 Å². The molecule has 1 aromatic carbocycles. The van der Waals surface area contributed by atoms with Crippen molar-refractivity contribution >= 4 is 15.9 Å². The second-order valence-corrected chi connectivity index (χ2v) is 8.31. The van der Waals surface area contributed by atoms with Gasteiger partial charge in [0.05, 0.1) is 12.9 Å². The van der Waals surface area contributed by atoms with Crippen molar-refractivity contribution in [3.05, 3.63) is 29.8 Å². The van der Waals surface area contributed by atoms with E-state index in [0.717, 1.165) is 38.3 Å². The van der Waals surface area contributed by atoms with Gasteiger partial charge in [-0.1, -0.05) is 19.1 Å². The van der Waals surface area contributed by atoms with Gasteiger partial charge in [-0.2, -0.15) is 0 Å². The molecule has 0 spiro atoms. The van der Waals surface area contributed by atoms with Crippen LogP contribution in [-0.2, 0) is 21.2 Å². The summed E-state index contributed by atoms with van der Waals surface area (Å²) in [5.41, 5.74) is 0.902. The highest BCUT2D eigenvalue weighted by Gasteiger charge is 2.20. The standard InChI is InChI=1S/C18H29N3O4S/c1-3-20-10-12-21(13-11-20)18(22)7-9-19-26(23,24)14-8-16-5-4-6-17(15-16)25-2/h4-6,15,19H,3,7-14H2,1-2H3. The SMILES string of the molecule is CCN1CCN(C(=O)CCNS(=O)(=O)CCc2cccc(OC)c2)CC1. The number of benzene rings is 1. The molecule has 0 unspecified atom stereocenters. The van der Waals surface area contributed by atoms with E-state index in [1.165, 1.54) is 0 Å². The molecule has 7 nitrogen and oxygen atoms in total. The van der Waals surface area contributed by atoms with Crippen molar-refractivity contribution in [2.75, 3.05) is 52.1 Å². The topological polar surface area (TPSA) is 79.0 Å². The summed E-state index contributed by atoms with van der Waals surface area (Å²) in [6, 6.07) is 7.36. The molecule has 2 rings (SSSR count). The van der Waals surface area contributed by atoms with E-state index < -0.39 is 10.0 Å². The molecule has 1 fully saturated rings. The molecule has 1 aliphatic heterocycles. The lowest BCUT2D eigenvalue weighted by Gasteiger charge is -2.34. The number of hydrogen-bond donors (Lipinski definition) is 1. The van der Waals surface area contributed by atoms with Crippen LogP contribution in [0.1, 0.15) is 18.9 Å². The summed E-state index contributed by atoms with van der Waals surface area (Å²) >= 11 is 0. The van der Waals surface area contributed by atoms with Crippen LogP contribution in [0.5, 0.6) is 5.75 Å². The summed E-state index contributed by atoms with van der Waals surface area (Å²) in [7, 11) is -1.83. The van der Waals surface area contributed by atoms with Gasteiger partial charge in [-0.05, 0) is 30.7 Å². The van der Waals surface area contributed by atoms with Crippen molar-refractivity contribution in [2.24, 2.45) is 0 Å². The van der Waals surface area contributed by atoms with Gasteiger partial charge in [-0.15, -0.1) is 0 Å². The van der Waals surface area contributed by atoms with Crippen LogP contribution in [0.2, 0.25) is 0 Å². The third kappa shape index (κ3) is 6.59. The first kappa shape index (κ1) is 20.7. The van der Waals surface area contributed by atoms with Gasteiger partial charge in [0.25, 0.3) is 0 Å². The number of carbonyl (C=O) groups is 1. The Balaban J connectivity index is 1.71. The summed E-state index contributed by atoms with van der Waals surface area (Å²) in [6.45, 7) is 6.45. The summed E-state index contributed by atoms with van der Waals surface area (Å²) in [5, 5.41) is 0. The molecular formula is C18H29N3O4S. The Morgan fingerprint density at radius 3 is 2.62 bits per heavy atom. The maximum atomic E-state index is 12.2. The zero-order chi connectivity index (χ0) is 19.0. The highest BCUT2D eigenvalue weighted by Crippen LogP contribution is 2.13. The van der Waals surface area contributed by atoms with Crippen LogP contribution in [0.4, 0.5) is 0 Å². The molecule has 0 atom stereocenters. The number of ether oxygens (including phenoxy) is 1. The number of piperazine rings is 1. The molecule has 1 saturated heterocycles. The number of aryl methyl sites for hydroxylation is 1. The second-order valence-electron chi connectivity index (χ2n) is 6.38. The molecule has 0 saturated carbocycles. The maximum Gasteiger partial charge on any atom is 0.223 e. The molecule has 0 aliphatic carbocycles. The molecule has 1 aromatic rings.